The monoisotopic (exact) mass is 688 g/mol. The molecule has 6 aromatic rings. The van der Waals surface area contributed by atoms with Crippen molar-refractivity contribution in [1.29, 1.82) is 10.5 Å². The quantitative estimate of drug-likeness (QED) is 0.276. The Labute approximate surface area is 298 Å². The zero-order chi connectivity index (χ0) is 35.3. The van der Waals surface area contributed by atoms with Crippen molar-refractivity contribution < 1.29 is 9.59 Å². The lowest BCUT2D eigenvalue weighted by Gasteiger charge is -2.35. The molecule has 14 heteroatoms. The molecule has 0 spiro atoms. The molecule has 2 aromatic carbocycles. The van der Waals surface area contributed by atoms with Crippen molar-refractivity contribution in [1.82, 2.24) is 39.7 Å². The molecule has 4 aromatic heterocycles. The van der Waals surface area contributed by atoms with E-state index in [1.165, 1.54) is 0 Å². The van der Waals surface area contributed by atoms with Crippen molar-refractivity contribution in [3.8, 4) is 12.1 Å². The second-order valence-corrected chi connectivity index (χ2v) is 13.6. The van der Waals surface area contributed by atoms with Gasteiger partial charge in [-0.05, 0) is 67.4 Å². The van der Waals surface area contributed by atoms with Gasteiger partial charge in [-0.2, -0.15) is 10.5 Å². The minimum atomic E-state index is 0.00345. The van der Waals surface area contributed by atoms with Crippen LogP contribution in [0.3, 0.4) is 0 Å². The average molecular weight is 689 g/mol. The average Bonchev–Trinajstić information content (AvgIpc) is 4.06. The number of nitrogens with one attached hydrogen (secondary N) is 2. The van der Waals surface area contributed by atoms with Gasteiger partial charge < -0.3 is 29.6 Å². The number of hydrogen-bond acceptors (Lipinski definition) is 10. The zero-order valence-electron chi connectivity index (χ0n) is 27.9. The standard InChI is InChI=1S/2C19H16N6O/c20-8-12-1-3-13(4-2-12)19(26)25-10-14-7-15(25)9-24(14)18-16-5-6-21-17(16)22-11-23-18;20-8-12-2-1-3-13(6-12)19(26)25-10-14-7-15(25)9-24(14)18-16-4-5-21-17(16)22-11-23-18/h2*1-6,11,14-15H,7,9-10H2,(H,21,22,23). The third kappa shape index (κ3) is 5.24. The molecule has 10 rings (SSSR count). The Morgan fingerprint density at radius 1 is 0.615 bits per heavy atom. The second-order valence-electron chi connectivity index (χ2n) is 13.6. The van der Waals surface area contributed by atoms with Crippen LogP contribution >= 0.6 is 0 Å². The number of fused-ring (bicyclic) bond motifs is 6. The van der Waals surface area contributed by atoms with Gasteiger partial charge in [-0.3, -0.25) is 9.59 Å². The molecule has 8 heterocycles. The van der Waals surface area contributed by atoms with Gasteiger partial charge in [0.15, 0.2) is 0 Å². The Morgan fingerprint density at radius 2 is 1.15 bits per heavy atom. The molecule has 4 bridgehead atoms. The number of H-pyrrole nitrogens is 2. The second kappa shape index (κ2) is 12.5. The van der Waals surface area contributed by atoms with Crippen molar-refractivity contribution in [2.75, 3.05) is 36.0 Å². The van der Waals surface area contributed by atoms with Crippen molar-refractivity contribution in [3.63, 3.8) is 0 Å². The summed E-state index contributed by atoms with van der Waals surface area (Å²) in [5.41, 5.74) is 3.96. The van der Waals surface area contributed by atoms with Crippen LogP contribution in [0.2, 0.25) is 0 Å². The van der Waals surface area contributed by atoms with Gasteiger partial charge in [0, 0.05) is 49.7 Å². The number of amides is 2. The highest BCUT2D eigenvalue weighted by atomic mass is 16.2. The summed E-state index contributed by atoms with van der Waals surface area (Å²) in [6, 6.07) is 22.8. The van der Waals surface area contributed by atoms with Gasteiger partial charge in [0.05, 0.1) is 58.2 Å². The van der Waals surface area contributed by atoms with Gasteiger partial charge in [-0.15, -0.1) is 0 Å². The highest BCUT2D eigenvalue weighted by molar-refractivity contribution is 5.96. The Hall–Kier alpha value is -6.80. The third-order valence-corrected chi connectivity index (χ3v) is 10.7. The van der Waals surface area contributed by atoms with Crippen molar-refractivity contribution in [2.45, 2.75) is 37.0 Å². The molecular formula is C38H32N12O2. The number of carbonyl (C=O) groups excluding carboxylic acids is 2. The SMILES string of the molecule is N#Cc1ccc(C(=O)N2CC3CC2CN3c2ncnc3[nH]ccc23)cc1.N#Cc1cccc(C(=O)N2CC3CC2CN3c2ncnc3[nH]ccc23)c1. The van der Waals surface area contributed by atoms with E-state index < -0.39 is 0 Å². The minimum absolute atomic E-state index is 0.00345. The Kier molecular flexibility index (Phi) is 7.51. The summed E-state index contributed by atoms with van der Waals surface area (Å²) in [5.74, 6) is 1.91. The number of aromatic amines is 2. The number of rotatable bonds is 4. The molecule has 0 aliphatic carbocycles. The van der Waals surface area contributed by atoms with Crippen LogP contribution in [-0.4, -0.2) is 102 Å². The van der Waals surface area contributed by atoms with Crippen molar-refractivity contribution in [2.24, 2.45) is 0 Å². The van der Waals surface area contributed by atoms with E-state index in [0.717, 1.165) is 59.6 Å². The first-order valence-electron chi connectivity index (χ1n) is 17.2. The summed E-state index contributed by atoms with van der Waals surface area (Å²) in [7, 11) is 0. The molecule has 4 unspecified atom stereocenters. The highest BCUT2D eigenvalue weighted by Crippen LogP contribution is 2.38. The Balaban J connectivity index is 0.000000138. The fourth-order valence-electron chi connectivity index (χ4n) is 8.27. The maximum absolute atomic E-state index is 12.9. The smallest absolute Gasteiger partial charge is 0.254 e. The number of nitriles is 2. The number of aromatic nitrogens is 6. The van der Waals surface area contributed by atoms with Crippen molar-refractivity contribution in [3.05, 3.63) is 108 Å². The molecule has 4 fully saturated rings. The number of carbonyl (C=O) groups is 2. The molecule has 4 aliphatic rings. The molecule has 4 aliphatic heterocycles. The first-order chi connectivity index (χ1) is 25.5. The zero-order valence-corrected chi connectivity index (χ0v) is 27.9. The number of nitrogens with zero attached hydrogens (tertiary/aromatic N) is 10. The Morgan fingerprint density at radius 3 is 1.65 bits per heavy atom. The Bertz CT molecular complexity index is 2420. The molecule has 0 radical (unpaired) electrons. The van der Waals surface area contributed by atoms with Crippen LogP contribution in [0.5, 0.6) is 0 Å². The predicted molar refractivity (Wildman–Crippen MR) is 191 cm³/mol. The van der Waals surface area contributed by atoms with Crippen LogP contribution in [0.4, 0.5) is 11.6 Å². The van der Waals surface area contributed by atoms with Gasteiger partial charge in [0.25, 0.3) is 11.8 Å². The molecule has 52 heavy (non-hydrogen) atoms. The number of hydrogen-bond donors (Lipinski definition) is 2. The van der Waals surface area contributed by atoms with Crippen LogP contribution in [0, 0.1) is 22.7 Å². The van der Waals surface area contributed by atoms with Crippen LogP contribution in [0.15, 0.2) is 85.7 Å². The normalized spacial score (nSPS) is 21.3. The van der Waals surface area contributed by atoms with Crippen LogP contribution in [-0.2, 0) is 0 Å². The van der Waals surface area contributed by atoms with E-state index in [2.05, 4.69) is 51.8 Å². The minimum Gasteiger partial charge on any atom is -0.349 e. The predicted octanol–water partition coefficient (Wildman–Crippen LogP) is 3.87. The van der Waals surface area contributed by atoms with Crippen molar-refractivity contribution >= 4 is 45.5 Å². The van der Waals surface area contributed by atoms with Gasteiger partial charge in [0.1, 0.15) is 35.6 Å². The number of piperazine rings is 2. The van der Waals surface area contributed by atoms with Gasteiger partial charge in [-0.25, -0.2) is 19.9 Å². The molecule has 256 valence electrons. The summed E-state index contributed by atoms with van der Waals surface area (Å²) in [4.78, 5) is 57.9. The number of likely N-dealkylation sites (tertiary alicyclic amines) is 2. The van der Waals surface area contributed by atoms with Gasteiger partial charge in [-0.1, -0.05) is 6.07 Å². The molecule has 0 saturated carbocycles. The van der Waals surface area contributed by atoms with Crippen LogP contribution < -0.4 is 9.80 Å². The molecule has 2 amide bonds. The molecule has 4 saturated heterocycles. The number of benzene rings is 2. The maximum Gasteiger partial charge on any atom is 0.254 e. The molecule has 2 N–H and O–H groups in total. The van der Waals surface area contributed by atoms with E-state index in [1.54, 1.807) is 61.2 Å². The summed E-state index contributed by atoms with van der Waals surface area (Å²) < 4.78 is 0. The van der Waals surface area contributed by atoms with Gasteiger partial charge in [0.2, 0.25) is 0 Å². The third-order valence-electron chi connectivity index (χ3n) is 10.7. The number of anilines is 2. The maximum atomic E-state index is 12.9. The lowest BCUT2D eigenvalue weighted by molar-refractivity contribution is 0.0717. The first-order valence-corrected chi connectivity index (χ1v) is 17.2. The van der Waals surface area contributed by atoms with Crippen LogP contribution in [0.1, 0.15) is 44.7 Å². The van der Waals surface area contributed by atoms with E-state index in [9.17, 15) is 9.59 Å². The highest BCUT2D eigenvalue weighted by Gasteiger charge is 2.47. The van der Waals surface area contributed by atoms with E-state index in [-0.39, 0.29) is 36.0 Å². The largest absolute Gasteiger partial charge is 0.349 e. The van der Waals surface area contributed by atoms with E-state index >= 15 is 0 Å². The summed E-state index contributed by atoms with van der Waals surface area (Å²) in [6.45, 7) is 2.92. The lowest BCUT2D eigenvalue weighted by Crippen LogP contribution is -2.49. The molecular weight excluding hydrogens is 656 g/mol. The summed E-state index contributed by atoms with van der Waals surface area (Å²) in [5, 5.41) is 20.0. The first kappa shape index (κ1) is 31.2. The van der Waals surface area contributed by atoms with Crippen LogP contribution in [0.25, 0.3) is 22.1 Å². The summed E-state index contributed by atoms with van der Waals surface area (Å²) >= 11 is 0. The molecule has 14 nitrogen and oxygen atoms in total. The van der Waals surface area contributed by atoms with E-state index in [1.807, 2.05) is 34.3 Å². The fourth-order valence-corrected chi connectivity index (χ4v) is 8.27. The lowest BCUT2D eigenvalue weighted by atomic mass is 10.1. The topological polar surface area (TPSA) is 178 Å². The summed E-state index contributed by atoms with van der Waals surface area (Å²) in [6.07, 6.45) is 8.81. The molecule has 4 atom stereocenters. The van der Waals surface area contributed by atoms with E-state index in [0.29, 0.717) is 35.3 Å². The fraction of sp³-hybridized carbons (Fsp3) is 0.263. The van der Waals surface area contributed by atoms with Gasteiger partial charge >= 0.3 is 0 Å². The van der Waals surface area contributed by atoms with E-state index in [4.69, 9.17) is 10.5 Å².